The Morgan fingerprint density at radius 1 is 1.54 bits per heavy atom. The molecule has 1 aromatic carbocycles. The zero-order valence-corrected chi connectivity index (χ0v) is 8.71. The molecule has 13 heavy (non-hydrogen) atoms. The van der Waals surface area contributed by atoms with Crippen molar-refractivity contribution < 1.29 is 0 Å². The van der Waals surface area contributed by atoms with Crippen LogP contribution in [0, 0.1) is 12.3 Å². The molecule has 2 rings (SSSR count). The fraction of sp³-hybridized carbons (Fsp3) is 0.100. The zero-order valence-electron chi connectivity index (χ0n) is 7.07. The standard InChI is InChI=1S/C10H7NS2/c1-3-9-11-10-7(12-2)5-4-6-8(10)13-9/h1,4-6H,2H3. The van der Waals surface area contributed by atoms with Crippen LogP contribution in [-0.4, -0.2) is 11.2 Å². The Morgan fingerprint density at radius 3 is 3.08 bits per heavy atom. The minimum absolute atomic E-state index is 0.761. The van der Waals surface area contributed by atoms with Gasteiger partial charge >= 0.3 is 0 Å². The molecule has 0 aliphatic heterocycles. The summed E-state index contributed by atoms with van der Waals surface area (Å²) in [7, 11) is 0. The first-order valence-electron chi connectivity index (χ1n) is 3.75. The highest BCUT2D eigenvalue weighted by atomic mass is 32.2. The maximum absolute atomic E-state index is 5.30. The van der Waals surface area contributed by atoms with Gasteiger partial charge in [0, 0.05) is 4.90 Å². The van der Waals surface area contributed by atoms with Crippen LogP contribution in [0.15, 0.2) is 23.1 Å². The number of hydrogen-bond acceptors (Lipinski definition) is 3. The first-order chi connectivity index (χ1) is 6.35. The van der Waals surface area contributed by atoms with Gasteiger partial charge in [0.15, 0.2) is 5.01 Å². The topological polar surface area (TPSA) is 12.9 Å². The number of aromatic nitrogens is 1. The van der Waals surface area contributed by atoms with Crippen molar-refractivity contribution in [1.29, 1.82) is 0 Å². The molecule has 0 unspecified atom stereocenters. The molecule has 0 aliphatic rings. The van der Waals surface area contributed by atoms with Crippen molar-refractivity contribution >= 4 is 33.3 Å². The first kappa shape index (κ1) is 8.61. The van der Waals surface area contributed by atoms with Crippen LogP contribution in [0.2, 0.25) is 0 Å². The second kappa shape index (κ2) is 3.41. The quantitative estimate of drug-likeness (QED) is 0.524. The number of fused-ring (bicyclic) bond motifs is 1. The van der Waals surface area contributed by atoms with Crippen molar-refractivity contribution in [2.24, 2.45) is 0 Å². The molecule has 0 saturated carbocycles. The monoisotopic (exact) mass is 205 g/mol. The van der Waals surface area contributed by atoms with Crippen LogP contribution in [0.5, 0.6) is 0 Å². The normalized spacial score (nSPS) is 10.2. The summed E-state index contributed by atoms with van der Waals surface area (Å²) in [5.74, 6) is 2.57. The smallest absolute Gasteiger partial charge is 0.167 e. The van der Waals surface area contributed by atoms with Gasteiger partial charge in [0.25, 0.3) is 0 Å². The van der Waals surface area contributed by atoms with Crippen LogP contribution in [0.25, 0.3) is 10.2 Å². The summed E-state index contributed by atoms with van der Waals surface area (Å²) in [5.41, 5.74) is 1.04. The summed E-state index contributed by atoms with van der Waals surface area (Å²) >= 11 is 3.26. The maximum Gasteiger partial charge on any atom is 0.167 e. The molecule has 1 heterocycles. The van der Waals surface area contributed by atoms with Crippen molar-refractivity contribution in [2.75, 3.05) is 6.26 Å². The van der Waals surface area contributed by atoms with Crippen LogP contribution < -0.4 is 0 Å². The molecule has 0 radical (unpaired) electrons. The van der Waals surface area contributed by atoms with Crippen molar-refractivity contribution in [1.82, 2.24) is 4.98 Å². The molecule has 3 heteroatoms. The Balaban J connectivity index is 2.76. The minimum Gasteiger partial charge on any atom is -0.226 e. The highest BCUT2D eigenvalue weighted by Crippen LogP contribution is 2.29. The average Bonchev–Trinajstić information content (AvgIpc) is 2.59. The predicted octanol–water partition coefficient (Wildman–Crippen LogP) is 3.00. The van der Waals surface area contributed by atoms with Crippen molar-refractivity contribution in [3.8, 4) is 12.3 Å². The van der Waals surface area contributed by atoms with Gasteiger partial charge in [0.1, 0.15) is 0 Å². The number of hydrogen-bond donors (Lipinski definition) is 0. The van der Waals surface area contributed by atoms with Crippen LogP contribution in [-0.2, 0) is 0 Å². The van der Waals surface area contributed by atoms with E-state index in [1.165, 1.54) is 9.60 Å². The molecule has 0 amide bonds. The van der Waals surface area contributed by atoms with E-state index in [1.807, 2.05) is 18.4 Å². The lowest BCUT2D eigenvalue weighted by molar-refractivity contribution is 1.39. The summed E-state index contributed by atoms with van der Waals surface area (Å²) in [6, 6.07) is 6.15. The van der Waals surface area contributed by atoms with Crippen LogP contribution >= 0.6 is 23.1 Å². The Hall–Kier alpha value is -0.980. The number of thioether (sulfide) groups is 1. The second-order valence-corrected chi connectivity index (χ2v) is 4.35. The fourth-order valence-corrected chi connectivity index (χ4v) is 2.58. The summed E-state index contributed by atoms with van der Waals surface area (Å²) in [5, 5.41) is 0.761. The molecule has 0 fully saturated rings. The second-order valence-electron chi connectivity index (χ2n) is 2.47. The average molecular weight is 205 g/mol. The lowest BCUT2D eigenvalue weighted by Crippen LogP contribution is -1.74. The molecule has 0 aliphatic carbocycles. The lowest BCUT2D eigenvalue weighted by Gasteiger charge is -1.94. The van der Waals surface area contributed by atoms with Gasteiger partial charge in [-0.3, -0.25) is 0 Å². The van der Waals surface area contributed by atoms with Crippen LogP contribution in [0.1, 0.15) is 5.01 Å². The molecule has 1 nitrogen and oxygen atoms in total. The van der Waals surface area contributed by atoms with Gasteiger partial charge in [-0.05, 0) is 24.3 Å². The third-order valence-electron chi connectivity index (χ3n) is 1.73. The Labute approximate surface area is 85.2 Å². The maximum atomic E-state index is 5.30. The number of rotatable bonds is 1. The van der Waals surface area contributed by atoms with Crippen molar-refractivity contribution in [3.05, 3.63) is 23.2 Å². The molecular formula is C10H7NS2. The molecule has 2 aromatic rings. The van der Waals surface area contributed by atoms with E-state index in [4.69, 9.17) is 6.42 Å². The molecule has 1 aromatic heterocycles. The summed E-state index contributed by atoms with van der Waals surface area (Å²) in [6.07, 6.45) is 7.34. The van der Waals surface area contributed by atoms with Crippen LogP contribution in [0.3, 0.4) is 0 Å². The third-order valence-corrected chi connectivity index (χ3v) is 3.45. The number of benzene rings is 1. The molecule has 0 spiro atoms. The van der Waals surface area contributed by atoms with Gasteiger partial charge in [-0.25, -0.2) is 4.98 Å². The van der Waals surface area contributed by atoms with Gasteiger partial charge in [-0.1, -0.05) is 6.07 Å². The highest BCUT2D eigenvalue weighted by Gasteiger charge is 2.04. The Morgan fingerprint density at radius 2 is 2.38 bits per heavy atom. The number of terminal acetylenes is 1. The fourth-order valence-electron chi connectivity index (χ4n) is 1.15. The molecule has 0 atom stereocenters. The van der Waals surface area contributed by atoms with Crippen molar-refractivity contribution in [2.45, 2.75) is 4.90 Å². The molecule has 0 bridgehead atoms. The zero-order chi connectivity index (χ0) is 9.26. The summed E-state index contributed by atoms with van der Waals surface area (Å²) in [6.45, 7) is 0. The molecule has 0 N–H and O–H groups in total. The number of nitrogens with zero attached hydrogens (tertiary/aromatic N) is 1. The van der Waals surface area contributed by atoms with Gasteiger partial charge in [0.05, 0.1) is 10.2 Å². The van der Waals surface area contributed by atoms with Gasteiger partial charge < -0.3 is 0 Å². The highest BCUT2D eigenvalue weighted by molar-refractivity contribution is 7.98. The van der Waals surface area contributed by atoms with E-state index < -0.39 is 0 Å². The molecular weight excluding hydrogens is 198 g/mol. The third kappa shape index (κ3) is 1.43. The Bertz CT molecular complexity index is 479. The van der Waals surface area contributed by atoms with Crippen molar-refractivity contribution in [3.63, 3.8) is 0 Å². The number of para-hydroxylation sites is 1. The summed E-state index contributed by atoms with van der Waals surface area (Å²) in [4.78, 5) is 5.55. The van der Waals surface area contributed by atoms with E-state index in [1.54, 1.807) is 23.1 Å². The van der Waals surface area contributed by atoms with E-state index >= 15 is 0 Å². The van der Waals surface area contributed by atoms with E-state index in [2.05, 4.69) is 17.0 Å². The SMILES string of the molecule is C#Cc1nc2c(SC)cccc2s1. The van der Waals surface area contributed by atoms with E-state index in [9.17, 15) is 0 Å². The molecule has 0 saturated heterocycles. The Kier molecular flexibility index (Phi) is 2.26. The summed E-state index contributed by atoms with van der Waals surface area (Å²) < 4.78 is 1.17. The predicted molar refractivity (Wildman–Crippen MR) is 59.3 cm³/mol. The van der Waals surface area contributed by atoms with E-state index in [-0.39, 0.29) is 0 Å². The largest absolute Gasteiger partial charge is 0.226 e. The van der Waals surface area contributed by atoms with Crippen LogP contribution in [0.4, 0.5) is 0 Å². The number of thiazole rings is 1. The van der Waals surface area contributed by atoms with E-state index in [0.717, 1.165) is 10.5 Å². The minimum atomic E-state index is 0.761. The van der Waals surface area contributed by atoms with E-state index in [0.29, 0.717) is 0 Å². The lowest BCUT2D eigenvalue weighted by atomic mass is 10.3. The van der Waals surface area contributed by atoms with Gasteiger partial charge in [-0.15, -0.1) is 29.5 Å². The first-order valence-corrected chi connectivity index (χ1v) is 5.79. The van der Waals surface area contributed by atoms with Gasteiger partial charge in [0.2, 0.25) is 0 Å². The van der Waals surface area contributed by atoms with Gasteiger partial charge in [-0.2, -0.15) is 0 Å². The molecule has 64 valence electrons.